The van der Waals surface area contributed by atoms with E-state index in [0.29, 0.717) is 0 Å². The molecular formula is C41H36N4. The maximum atomic E-state index is 3.89. The summed E-state index contributed by atoms with van der Waals surface area (Å²) in [5.74, 6) is 0. The second kappa shape index (κ2) is 11.7. The van der Waals surface area contributed by atoms with Gasteiger partial charge in [0.05, 0.1) is 12.1 Å². The van der Waals surface area contributed by atoms with E-state index in [1.165, 1.54) is 55.9 Å². The van der Waals surface area contributed by atoms with Crippen molar-refractivity contribution in [3.63, 3.8) is 0 Å². The number of rotatable bonds is 5. The maximum absolute atomic E-state index is 3.89. The van der Waals surface area contributed by atoms with E-state index in [1.807, 2.05) is 0 Å². The van der Waals surface area contributed by atoms with Gasteiger partial charge in [0.15, 0.2) is 0 Å². The minimum Gasteiger partial charge on any atom is -0.366 e. The van der Waals surface area contributed by atoms with Crippen molar-refractivity contribution >= 4 is 11.4 Å². The predicted molar refractivity (Wildman–Crippen MR) is 185 cm³/mol. The lowest BCUT2D eigenvalue weighted by atomic mass is 9.91. The van der Waals surface area contributed by atoms with Gasteiger partial charge >= 0.3 is 0 Å². The van der Waals surface area contributed by atoms with Crippen LogP contribution in [0.15, 0.2) is 158 Å². The summed E-state index contributed by atoms with van der Waals surface area (Å²) in [7, 11) is 2.22. The van der Waals surface area contributed by atoms with Crippen molar-refractivity contribution in [2.75, 3.05) is 17.7 Å². The van der Waals surface area contributed by atoms with E-state index in [-0.39, 0.29) is 24.4 Å². The predicted octanol–water partition coefficient (Wildman–Crippen LogP) is 9.30. The molecule has 2 aliphatic heterocycles. The summed E-state index contributed by atoms with van der Waals surface area (Å²) in [6, 6.07) is 57.0. The van der Waals surface area contributed by atoms with Gasteiger partial charge < -0.3 is 10.6 Å². The van der Waals surface area contributed by atoms with Crippen LogP contribution in [0, 0.1) is 0 Å². The average Bonchev–Trinajstić information content (AvgIpc) is 3.12. The molecule has 4 atom stereocenters. The summed E-state index contributed by atoms with van der Waals surface area (Å²) < 4.78 is 0. The van der Waals surface area contributed by atoms with Gasteiger partial charge in [-0.15, -0.1) is 0 Å². The first-order valence-electron chi connectivity index (χ1n) is 15.7. The molecule has 4 nitrogen and oxygen atoms in total. The lowest BCUT2D eigenvalue weighted by molar-refractivity contribution is 0.209. The zero-order chi connectivity index (χ0) is 30.2. The number of hydrogen-bond donors (Lipinski definition) is 3. The second-order valence-corrected chi connectivity index (χ2v) is 12.0. The Labute approximate surface area is 265 Å². The van der Waals surface area contributed by atoms with E-state index in [4.69, 9.17) is 0 Å². The van der Waals surface area contributed by atoms with Crippen LogP contribution in [0.3, 0.4) is 0 Å². The van der Waals surface area contributed by atoms with E-state index >= 15 is 0 Å². The van der Waals surface area contributed by atoms with E-state index < -0.39 is 0 Å². The van der Waals surface area contributed by atoms with Crippen LogP contribution >= 0.6 is 0 Å². The number of hydrogen-bond acceptors (Lipinski definition) is 4. The van der Waals surface area contributed by atoms with Crippen LogP contribution in [0.1, 0.15) is 57.8 Å². The molecule has 6 aromatic carbocycles. The van der Waals surface area contributed by atoms with Gasteiger partial charge in [0.2, 0.25) is 0 Å². The summed E-state index contributed by atoms with van der Waals surface area (Å²) in [5.41, 5.74) is 12.3. The minimum absolute atomic E-state index is 0.0254. The lowest BCUT2D eigenvalue weighted by Gasteiger charge is -2.42. The first kappa shape index (κ1) is 27.4. The van der Waals surface area contributed by atoms with Gasteiger partial charge in [0.25, 0.3) is 0 Å². The number of para-hydroxylation sites is 2. The molecule has 0 amide bonds. The van der Waals surface area contributed by atoms with Gasteiger partial charge in [0.1, 0.15) is 12.3 Å². The molecule has 3 N–H and O–H groups in total. The molecule has 0 saturated carbocycles. The summed E-state index contributed by atoms with van der Waals surface area (Å²) >= 11 is 0. The Morgan fingerprint density at radius 2 is 1.00 bits per heavy atom. The standard InChI is InChI=1S/C41H36N4/c1-45-39(29-16-6-3-7-17-29)35-23-9-11-25-37(35)43-41(45)33-21-13-19-31(27-33)30-18-12-20-32(26-30)40-42-36-24-10-8-22-34(36)38(44-40)28-14-4-2-5-15-28/h2-27,38-44H,1H3. The molecule has 4 unspecified atom stereocenters. The zero-order valence-electron chi connectivity index (χ0n) is 25.3. The summed E-state index contributed by atoms with van der Waals surface area (Å²) in [6.07, 6.45) is 0.000523. The van der Waals surface area contributed by atoms with Crippen LogP contribution in [-0.2, 0) is 0 Å². The molecule has 0 spiro atoms. The van der Waals surface area contributed by atoms with Gasteiger partial charge in [-0.05, 0) is 75.8 Å². The van der Waals surface area contributed by atoms with E-state index in [0.717, 1.165) is 0 Å². The highest BCUT2D eigenvalue weighted by Gasteiger charge is 2.33. The molecule has 6 aromatic rings. The smallest absolute Gasteiger partial charge is 0.106 e. The molecule has 2 aliphatic rings. The molecule has 0 bridgehead atoms. The largest absolute Gasteiger partial charge is 0.366 e. The Kier molecular flexibility index (Phi) is 7.14. The van der Waals surface area contributed by atoms with Crippen molar-refractivity contribution in [2.45, 2.75) is 24.4 Å². The molecule has 4 heteroatoms. The van der Waals surface area contributed by atoms with Crippen molar-refractivity contribution in [1.82, 2.24) is 10.2 Å². The molecule has 2 heterocycles. The maximum Gasteiger partial charge on any atom is 0.106 e. The van der Waals surface area contributed by atoms with Crippen molar-refractivity contribution in [1.29, 1.82) is 0 Å². The fourth-order valence-electron chi connectivity index (χ4n) is 7.07. The molecule has 0 aliphatic carbocycles. The molecular weight excluding hydrogens is 548 g/mol. The highest BCUT2D eigenvalue weighted by atomic mass is 15.3. The van der Waals surface area contributed by atoms with E-state index in [1.54, 1.807) is 0 Å². The van der Waals surface area contributed by atoms with Crippen LogP contribution in [-0.4, -0.2) is 11.9 Å². The molecule has 220 valence electrons. The van der Waals surface area contributed by atoms with Gasteiger partial charge in [0, 0.05) is 11.4 Å². The molecule has 0 fully saturated rings. The van der Waals surface area contributed by atoms with Gasteiger partial charge in [-0.1, -0.05) is 133 Å². The Hall–Kier alpha value is -5.16. The van der Waals surface area contributed by atoms with Gasteiger partial charge in [-0.3, -0.25) is 10.2 Å². The Morgan fingerprint density at radius 3 is 1.71 bits per heavy atom. The van der Waals surface area contributed by atoms with Crippen molar-refractivity contribution < 1.29 is 0 Å². The van der Waals surface area contributed by atoms with Crippen LogP contribution < -0.4 is 16.0 Å². The zero-order valence-corrected chi connectivity index (χ0v) is 25.3. The highest BCUT2D eigenvalue weighted by molar-refractivity contribution is 5.67. The van der Waals surface area contributed by atoms with Crippen molar-refractivity contribution in [3.8, 4) is 11.1 Å². The van der Waals surface area contributed by atoms with E-state index in [9.17, 15) is 0 Å². The normalized spacial score (nSPS) is 20.7. The lowest BCUT2D eigenvalue weighted by Crippen LogP contribution is -2.38. The molecule has 0 aromatic heterocycles. The number of fused-ring (bicyclic) bond motifs is 2. The Balaban J connectivity index is 1.12. The molecule has 45 heavy (non-hydrogen) atoms. The minimum atomic E-state index is -0.0254. The Bertz CT molecular complexity index is 1940. The van der Waals surface area contributed by atoms with Crippen LogP contribution in [0.4, 0.5) is 11.4 Å². The second-order valence-electron chi connectivity index (χ2n) is 12.0. The molecule has 8 rings (SSSR count). The van der Waals surface area contributed by atoms with Crippen LogP contribution in [0.5, 0.6) is 0 Å². The fraction of sp³-hybridized carbons (Fsp3) is 0.122. The van der Waals surface area contributed by atoms with E-state index in [2.05, 4.69) is 186 Å². The summed E-state index contributed by atoms with van der Waals surface area (Å²) in [4.78, 5) is 2.45. The number of nitrogens with zero attached hydrogens (tertiary/aromatic N) is 1. The SMILES string of the molecule is CN1C(c2cccc(-c3cccc(C4Nc5ccccc5C(c5ccccc5)N4)c3)c2)Nc2ccccc2C1c1ccccc1. The van der Waals surface area contributed by atoms with Crippen LogP contribution in [0.25, 0.3) is 11.1 Å². The highest BCUT2D eigenvalue weighted by Crippen LogP contribution is 2.43. The number of benzene rings is 6. The monoisotopic (exact) mass is 584 g/mol. The van der Waals surface area contributed by atoms with Crippen molar-refractivity contribution in [2.24, 2.45) is 0 Å². The first-order valence-corrected chi connectivity index (χ1v) is 15.7. The average molecular weight is 585 g/mol. The summed E-state index contributed by atoms with van der Waals surface area (Å²) in [6.45, 7) is 0. The van der Waals surface area contributed by atoms with Crippen molar-refractivity contribution in [3.05, 3.63) is 191 Å². The third-order valence-corrected chi connectivity index (χ3v) is 9.27. The topological polar surface area (TPSA) is 39.3 Å². The fourth-order valence-corrected chi connectivity index (χ4v) is 7.07. The molecule has 0 saturated heterocycles. The Morgan fingerprint density at radius 1 is 0.467 bits per heavy atom. The first-order chi connectivity index (χ1) is 22.2. The van der Waals surface area contributed by atoms with Crippen LogP contribution in [0.2, 0.25) is 0 Å². The quantitative estimate of drug-likeness (QED) is 0.189. The van der Waals surface area contributed by atoms with Gasteiger partial charge in [-0.2, -0.15) is 0 Å². The third-order valence-electron chi connectivity index (χ3n) is 9.27. The summed E-state index contributed by atoms with van der Waals surface area (Å²) in [5, 5.41) is 11.5. The third kappa shape index (κ3) is 5.18. The number of anilines is 2. The van der Waals surface area contributed by atoms with Gasteiger partial charge in [-0.25, -0.2) is 0 Å². The number of nitrogens with one attached hydrogen (secondary N) is 3. The molecule has 0 radical (unpaired) electrons.